The second kappa shape index (κ2) is 11.3. The number of rotatable bonds is 9. The molecule has 1 saturated carbocycles. The second-order valence-corrected chi connectivity index (χ2v) is 8.00. The van der Waals surface area contributed by atoms with E-state index in [0.717, 1.165) is 18.4 Å². The van der Waals surface area contributed by atoms with Gasteiger partial charge in [0.15, 0.2) is 0 Å². The number of benzene rings is 2. The largest absolute Gasteiger partial charge is 0.354 e. The topological polar surface area (TPSA) is 99.3 Å². The number of carbonyl (C=O) groups excluding carboxylic acids is 3. The number of carbonyl (C=O) groups is 3. The Labute approximate surface area is 187 Å². The first-order valence-electron chi connectivity index (χ1n) is 10.9. The Morgan fingerprint density at radius 2 is 1.53 bits per heavy atom. The Kier molecular flexibility index (Phi) is 8.19. The van der Waals surface area contributed by atoms with Crippen molar-refractivity contribution in [3.63, 3.8) is 0 Å². The minimum atomic E-state index is -0.938. The van der Waals surface area contributed by atoms with Gasteiger partial charge in [0.2, 0.25) is 11.8 Å². The summed E-state index contributed by atoms with van der Waals surface area (Å²) in [4.78, 5) is 37.3. The molecule has 4 N–H and O–H groups in total. The maximum atomic E-state index is 13.2. The van der Waals surface area contributed by atoms with Crippen molar-refractivity contribution in [3.05, 3.63) is 71.5 Å². The smallest absolute Gasteiger partial charge is 0.315 e. The van der Waals surface area contributed by atoms with Gasteiger partial charge in [-0.2, -0.15) is 0 Å². The average Bonchev–Trinajstić information content (AvgIpc) is 3.25. The summed E-state index contributed by atoms with van der Waals surface area (Å²) in [6, 6.07) is 15.0. The van der Waals surface area contributed by atoms with Gasteiger partial charge >= 0.3 is 6.03 Å². The number of hydrogen-bond acceptors (Lipinski definition) is 3. The monoisotopic (exact) mass is 440 g/mol. The molecule has 0 unspecified atom stereocenters. The molecule has 32 heavy (non-hydrogen) atoms. The van der Waals surface area contributed by atoms with Crippen molar-refractivity contribution in [2.75, 3.05) is 13.1 Å². The Hall–Kier alpha value is -3.42. The number of amides is 4. The summed E-state index contributed by atoms with van der Waals surface area (Å²) in [6.45, 7) is 0.862. The van der Waals surface area contributed by atoms with Gasteiger partial charge in [-0.1, -0.05) is 55.3 Å². The lowest BCUT2D eigenvalue weighted by Gasteiger charge is -2.29. The molecule has 8 heteroatoms. The molecule has 0 atom stereocenters. The lowest BCUT2D eigenvalue weighted by molar-refractivity contribution is -0.127. The van der Waals surface area contributed by atoms with Crippen LogP contribution in [0.5, 0.6) is 0 Å². The Bertz CT molecular complexity index is 930. The van der Waals surface area contributed by atoms with E-state index in [4.69, 9.17) is 0 Å². The van der Waals surface area contributed by atoms with E-state index in [1.807, 2.05) is 30.3 Å². The van der Waals surface area contributed by atoms with Crippen LogP contribution in [0, 0.1) is 5.82 Å². The first-order valence-corrected chi connectivity index (χ1v) is 10.9. The molecule has 0 aliphatic heterocycles. The van der Waals surface area contributed by atoms with E-state index in [-0.39, 0.29) is 43.2 Å². The second-order valence-electron chi connectivity index (χ2n) is 8.00. The molecule has 0 radical (unpaired) electrons. The molecule has 0 heterocycles. The summed E-state index contributed by atoms with van der Waals surface area (Å²) in [5.74, 6) is -0.882. The highest BCUT2D eigenvalue weighted by molar-refractivity contribution is 5.91. The van der Waals surface area contributed by atoms with E-state index in [9.17, 15) is 18.8 Å². The van der Waals surface area contributed by atoms with E-state index in [1.165, 1.54) is 12.1 Å². The molecule has 1 aliphatic rings. The predicted molar refractivity (Wildman–Crippen MR) is 119 cm³/mol. The maximum absolute atomic E-state index is 13.2. The predicted octanol–water partition coefficient (Wildman–Crippen LogP) is 2.41. The number of urea groups is 1. The normalized spacial score (nSPS) is 14.4. The van der Waals surface area contributed by atoms with Gasteiger partial charge in [0.25, 0.3) is 0 Å². The van der Waals surface area contributed by atoms with Gasteiger partial charge in [-0.05, 0) is 36.1 Å². The average molecular weight is 441 g/mol. The van der Waals surface area contributed by atoms with Crippen LogP contribution < -0.4 is 21.3 Å². The van der Waals surface area contributed by atoms with Crippen molar-refractivity contribution in [1.29, 1.82) is 0 Å². The lowest BCUT2D eigenvalue weighted by atomic mass is 9.96. The molecule has 3 rings (SSSR count). The lowest BCUT2D eigenvalue weighted by Crippen LogP contribution is -2.59. The number of hydrogen-bond donors (Lipinski definition) is 4. The number of halogens is 1. The summed E-state index contributed by atoms with van der Waals surface area (Å²) in [7, 11) is 0. The van der Waals surface area contributed by atoms with E-state index in [0.29, 0.717) is 24.9 Å². The zero-order valence-corrected chi connectivity index (χ0v) is 18.0. The van der Waals surface area contributed by atoms with E-state index >= 15 is 0 Å². The van der Waals surface area contributed by atoms with Crippen LogP contribution in [0.2, 0.25) is 0 Å². The van der Waals surface area contributed by atoms with Crippen LogP contribution in [0.25, 0.3) is 0 Å². The fourth-order valence-corrected chi connectivity index (χ4v) is 3.87. The SMILES string of the molecule is O=C(Cc1cccc(F)c1)NCCNC(=O)C1(NC(=O)NCc2ccccc2)CCCC1. The van der Waals surface area contributed by atoms with Crippen LogP contribution >= 0.6 is 0 Å². The summed E-state index contributed by atoms with van der Waals surface area (Å²) < 4.78 is 13.2. The van der Waals surface area contributed by atoms with Crippen molar-refractivity contribution in [1.82, 2.24) is 21.3 Å². The molecule has 1 fully saturated rings. The fraction of sp³-hybridized carbons (Fsp3) is 0.375. The molecular weight excluding hydrogens is 411 g/mol. The molecule has 0 spiro atoms. The first-order chi connectivity index (χ1) is 15.5. The molecule has 0 bridgehead atoms. The standard InChI is InChI=1S/C24H29FN4O3/c25-20-10-6-9-19(15-20)16-21(30)26-13-14-27-22(31)24(11-4-5-12-24)29-23(32)28-17-18-7-2-1-3-8-18/h1-3,6-10,15H,4-5,11-14,16-17H2,(H,26,30)(H,27,31)(H2,28,29,32). The number of nitrogens with one attached hydrogen (secondary N) is 4. The molecule has 1 aliphatic carbocycles. The maximum Gasteiger partial charge on any atom is 0.315 e. The van der Waals surface area contributed by atoms with Crippen LogP contribution in [-0.2, 0) is 22.6 Å². The molecule has 0 aromatic heterocycles. The minimum absolute atomic E-state index is 0.0682. The van der Waals surface area contributed by atoms with Crippen molar-refractivity contribution in [2.45, 2.75) is 44.2 Å². The van der Waals surface area contributed by atoms with Crippen molar-refractivity contribution in [2.24, 2.45) is 0 Å². The molecule has 7 nitrogen and oxygen atoms in total. The van der Waals surface area contributed by atoms with Gasteiger partial charge in [0.1, 0.15) is 11.4 Å². The fourth-order valence-electron chi connectivity index (χ4n) is 3.87. The highest BCUT2D eigenvalue weighted by Crippen LogP contribution is 2.29. The van der Waals surface area contributed by atoms with Crippen molar-refractivity contribution < 1.29 is 18.8 Å². The van der Waals surface area contributed by atoms with Gasteiger partial charge < -0.3 is 21.3 Å². The molecule has 2 aromatic rings. The van der Waals surface area contributed by atoms with Gasteiger partial charge in [-0.25, -0.2) is 9.18 Å². The van der Waals surface area contributed by atoms with Crippen molar-refractivity contribution >= 4 is 17.8 Å². The summed E-state index contributed by atoms with van der Waals surface area (Å²) in [5.41, 5.74) is 0.621. The van der Waals surface area contributed by atoms with Gasteiger partial charge in [0.05, 0.1) is 6.42 Å². The summed E-state index contributed by atoms with van der Waals surface area (Å²) in [5, 5.41) is 11.2. The van der Waals surface area contributed by atoms with Gasteiger partial charge in [-0.15, -0.1) is 0 Å². The molecule has 0 saturated heterocycles. The van der Waals surface area contributed by atoms with Crippen LogP contribution in [-0.4, -0.2) is 36.5 Å². The Balaban J connectivity index is 1.42. The van der Waals surface area contributed by atoms with E-state index in [2.05, 4.69) is 21.3 Å². The van der Waals surface area contributed by atoms with Crippen LogP contribution in [0.4, 0.5) is 9.18 Å². The Morgan fingerprint density at radius 1 is 0.844 bits per heavy atom. The molecule has 2 aromatic carbocycles. The Morgan fingerprint density at radius 3 is 2.25 bits per heavy atom. The zero-order valence-electron chi connectivity index (χ0n) is 18.0. The highest BCUT2D eigenvalue weighted by Gasteiger charge is 2.42. The third kappa shape index (κ3) is 6.80. The molecule has 170 valence electrons. The minimum Gasteiger partial charge on any atom is -0.354 e. The third-order valence-corrected chi connectivity index (χ3v) is 5.53. The molecule has 4 amide bonds. The van der Waals surface area contributed by atoms with Gasteiger partial charge in [-0.3, -0.25) is 9.59 Å². The zero-order chi connectivity index (χ0) is 22.8. The summed E-state index contributed by atoms with van der Waals surface area (Å²) in [6.07, 6.45) is 2.93. The van der Waals surface area contributed by atoms with E-state index in [1.54, 1.807) is 12.1 Å². The molecular formula is C24H29FN4O3. The highest BCUT2D eigenvalue weighted by atomic mass is 19.1. The van der Waals surface area contributed by atoms with E-state index < -0.39 is 5.54 Å². The summed E-state index contributed by atoms with van der Waals surface area (Å²) >= 11 is 0. The van der Waals surface area contributed by atoms with Gasteiger partial charge in [0, 0.05) is 19.6 Å². The van der Waals surface area contributed by atoms with Crippen LogP contribution in [0.3, 0.4) is 0 Å². The quantitative estimate of drug-likeness (QED) is 0.451. The van der Waals surface area contributed by atoms with Crippen LogP contribution in [0.1, 0.15) is 36.8 Å². The first kappa shape index (κ1) is 23.2. The van der Waals surface area contributed by atoms with Crippen molar-refractivity contribution in [3.8, 4) is 0 Å². The van der Waals surface area contributed by atoms with Crippen LogP contribution in [0.15, 0.2) is 54.6 Å². The third-order valence-electron chi connectivity index (χ3n) is 5.53.